The van der Waals surface area contributed by atoms with Crippen molar-refractivity contribution in [2.75, 3.05) is 6.54 Å². The largest absolute Gasteiger partial charge is 0.356 e. The lowest BCUT2D eigenvalue weighted by atomic mass is 9.95. The van der Waals surface area contributed by atoms with E-state index in [1.165, 1.54) is 0 Å². The van der Waals surface area contributed by atoms with Gasteiger partial charge in [0.25, 0.3) is 0 Å². The third kappa shape index (κ3) is 2.75. The van der Waals surface area contributed by atoms with Gasteiger partial charge in [0.15, 0.2) is 5.78 Å². The first-order chi connectivity index (χ1) is 8.20. The van der Waals surface area contributed by atoms with Gasteiger partial charge in [-0.3, -0.25) is 9.59 Å². The van der Waals surface area contributed by atoms with Crippen LogP contribution in [-0.4, -0.2) is 22.8 Å². The van der Waals surface area contributed by atoms with Crippen LogP contribution in [0.2, 0.25) is 0 Å². The van der Waals surface area contributed by atoms with E-state index in [-0.39, 0.29) is 11.7 Å². The molecule has 1 aromatic heterocycles. The van der Waals surface area contributed by atoms with Crippen molar-refractivity contribution in [2.24, 2.45) is 0 Å². The molecule has 0 fully saturated rings. The number of aryl methyl sites for hydroxylation is 2. The van der Waals surface area contributed by atoms with Crippen molar-refractivity contribution in [2.45, 2.75) is 39.2 Å². The molecular formula is C13H18N2O2. The summed E-state index contributed by atoms with van der Waals surface area (Å²) in [5, 5.41) is 2.77. The van der Waals surface area contributed by atoms with E-state index in [1.807, 2.05) is 23.9 Å². The van der Waals surface area contributed by atoms with E-state index >= 15 is 0 Å². The highest BCUT2D eigenvalue weighted by molar-refractivity contribution is 5.98. The molecule has 1 amide bonds. The van der Waals surface area contributed by atoms with Crippen molar-refractivity contribution < 1.29 is 9.59 Å². The normalized spacial score (nSPS) is 14.5. The fourth-order valence-corrected chi connectivity index (χ4v) is 2.23. The molecule has 0 saturated carbocycles. The number of aromatic nitrogens is 1. The highest BCUT2D eigenvalue weighted by Gasteiger charge is 2.18. The quantitative estimate of drug-likeness (QED) is 0.859. The maximum atomic E-state index is 11.6. The summed E-state index contributed by atoms with van der Waals surface area (Å²) in [5.74, 6) is 0.300. The van der Waals surface area contributed by atoms with Gasteiger partial charge in [0.1, 0.15) is 0 Å². The number of hydrogen-bond donors (Lipinski definition) is 1. The number of fused-ring (bicyclic) bond motifs is 1. The zero-order valence-corrected chi connectivity index (χ0v) is 10.2. The van der Waals surface area contributed by atoms with Crippen molar-refractivity contribution in [1.29, 1.82) is 0 Å². The monoisotopic (exact) mass is 234 g/mol. The summed E-state index contributed by atoms with van der Waals surface area (Å²) in [6, 6.07) is 0. The van der Waals surface area contributed by atoms with Gasteiger partial charge >= 0.3 is 0 Å². The number of carbonyl (C=O) groups is 2. The first-order valence-corrected chi connectivity index (χ1v) is 6.19. The summed E-state index contributed by atoms with van der Waals surface area (Å²) in [5.41, 5.74) is 1.99. The molecule has 92 valence electrons. The lowest BCUT2D eigenvalue weighted by Gasteiger charge is -2.07. The summed E-state index contributed by atoms with van der Waals surface area (Å²) in [7, 11) is 0. The molecule has 1 aliphatic carbocycles. The Morgan fingerprint density at radius 2 is 2.24 bits per heavy atom. The van der Waals surface area contributed by atoms with Crippen LogP contribution in [0.25, 0.3) is 0 Å². The van der Waals surface area contributed by atoms with Crippen molar-refractivity contribution in [3.63, 3.8) is 0 Å². The lowest BCUT2D eigenvalue weighted by Crippen LogP contribution is -2.23. The van der Waals surface area contributed by atoms with Gasteiger partial charge in [-0.25, -0.2) is 0 Å². The maximum absolute atomic E-state index is 11.6. The van der Waals surface area contributed by atoms with Crippen molar-refractivity contribution >= 4 is 11.7 Å². The molecule has 0 bridgehead atoms. The molecule has 0 aliphatic heterocycles. The molecule has 0 radical (unpaired) electrons. The number of amides is 1. The fourth-order valence-electron chi connectivity index (χ4n) is 2.23. The molecule has 0 unspecified atom stereocenters. The molecule has 0 saturated heterocycles. The SMILES string of the molecule is CCNC(=O)CCn1cc2c(c1)C(=O)CCC2. The Morgan fingerprint density at radius 1 is 1.41 bits per heavy atom. The molecular weight excluding hydrogens is 216 g/mol. The van der Waals surface area contributed by atoms with Crippen molar-refractivity contribution in [1.82, 2.24) is 9.88 Å². The van der Waals surface area contributed by atoms with Crippen LogP contribution >= 0.6 is 0 Å². The van der Waals surface area contributed by atoms with E-state index < -0.39 is 0 Å². The third-order valence-corrected chi connectivity index (χ3v) is 3.08. The number of hydrogen-bond acceptors (Lipinski definition) is 2. The van der Waals surface area contributed by atoms with Gasteiger partial charge in [-0.2, -0.15) is 0 Å². The summed E-state index contributed by atoms with van der Waals surface area (Å²) >= 11 is 0. The van der Waals surface area contributed by atoms with Gasteiger partial charge in [0.2, 0.25) is 5.91 Å². The molecule has 17 heavy (non-hydrogen) atoms. The lowest BCUT2D eigenvalue weighted by molar-refractivity contribution is -0.121. The Morgan fingerprint density at radius 3 is 2.94 bits per heavy atom. The first kappa shape index (κ1) is 11.9. The predicted molar refractivity (Wildman–Crippen MR) is 65.0 cm³/mol. The van der Waals surface area contributed by atoms with Gasteiger partial charge in [-0.15, -0.1) is 0 Å². The molecule has 4 heteroatoms. The number of carbonyl (C=O) groups excluding carboxylic acids is 2. The van der Waals surface area contributed by atoms with E-state index in [2.05, 4.69) is 5.32 Å². The Labute approximate surface area is 101 Å². The fraction of sp³-hybridized carbons (Fsp3) is 0.538. The molecule has 1 aromatic rings. The number of nitrogens with zero attached hydrogens (tertiary/aromatic N) is 1. The van der Waals surface area contributed by atoms with Crippen LogP contribution < -0.4 is 5.32 Å². The second-order valence-electron chi connectivity index (χ2n) is 4.42. The minimum absolute atomic E-state index is 0.0606. The molecule has 0 spiro atoms. The summed E-state index contributed by atoms with van der Waals surface area (Å²) < 4.78 is 1.96. The highest BCUT2D eigenvalue weighted by atomic mass is 16.1. The maximum Gasteiger partial charge on any atom is 0.221 e. The van der Waals surface area contributed by atoms with Crippen LogP contribution in [0.1, 0.15) is 42.1 Å². The number of nitrogens with one attached hydrogen (secondary N) is 1. The van der Waals surface area contributed by atoms with E-state index in [1.54, 1.807) is 0 Å². The second kappa shape index (κ2) is 5.17. The molecule has 0 aromatic carbocycles. The van der Waals surface area contributed by atoms with Gasteiger partial charge in [0, 0.05) is 43.9 Å². The Bertz CT molecular complexity index is 435. The van der Waals surface area contributed by atoms with Crippen molar-refractivity contribution in [3.8, 4) is 0 Å². The van der Waals surface area contributed by atoms with Gasteiger partial charge < -0.3 is 9.88 Å². The number of Topliss-reactive ketones (excluding diaryl/α,β-unsaturated/α-hetero) is 1. The third-order valence-electron chi connectivity index (χ3n) is 3.08. The molecule has 4 nitrogen and oxygen atoms in total. The molecule has 2 rings (SSSR count). The summed E-state index contributed by atoms with van der Waals surface area (Å²) in [6.07, 6.45) is 6.95. The van der Waals surface area contributed by atoms with Crippen LogP contribution in [0.5, 0.6) is 0 Å². The van der Waals surface area contributed by atoms with E-state index in [9.17, 15) is 9.59 Å². The second-order valence-corrected chi connectivity index (χ2v) is 4.42. The first-order valence-electron chi connectivity index (χ1n) is 6.19. The Balaban J connectivity index is 1.98. The van der Waals surface area contributed by atoms with Crippen LogP contribution in [0, 0.1) is 0 Å². The smallest absolute Gasteiger partial charge is 0.221 e. The van der Waals surface area contributed by atoms with E-state index in [0.717, 1.165) is 24.0 Å². The summed E-state index contributed by atoms with van der Waals surface area (Å²) in [6.45, 7) is 3.22. The average molecular weight is 234 g/mol. The molecule has 1 N–H and O–H groups in total. The van der Waals surface area contributed by atoms with E-state index in [4.69, 9.17) is 0 Å². The van der Waals surface area contributed by atoms with Gasteiger partial charge in [0.05, 0.1) is 0 Å². The minimum Gasteiger partial charge on any atom is -0.356 e. The molecule has 1 aliphatic rings. The number of rotatable bonds is 4. The number of ketones is 1. The highest BCUT2D eigenvalue weighted by Crippen LogP contribution is 2.22. The van der Waals surface area contributed by atoms with Crippen molar-refractivity contribution in [3.05, 3.63) is 23.5 Å². The van der Waals surface area contributed by atoms with Crippen LogP contribution in [0.4, 0.5) is 0 Å². The Hall–Kier alpha value is -1.58. The standard InChI is InChI=1S/C13H18N2O2/c1-2-14-13(17)6-7-15-8-10-4-3-5-12(16)11(10)9-15/h8-9H,2-7H2,1H3,(H,14,17). The molecule has 1 heterocycles. The zero-order valence-electron chi connectivity index (χ0n) is 10.2. The zero-order chi connectivity index (χ0) is 12.3. The van der Waals surface area contributed by atoms with Crippen LogP contribution in [-0.2, 0) is 17.8 Å². The minimum atomic E-state index is 0.0606. The molecule has 0 atom stereocenters. The van der Waals surface area contributed by atoms with Gasteiger partial charge in [-0.1, -0.05) is 0 Å². The van der Waals surface area contributed by atoms with Crippen LogP contribution in [0.3, 0.4) is 0 Å². The van der Waals surface area contributed by atoms with E-state index in [0.29, 0.717) is 25.9 Å². The van der Waals surface area contributed by atoms with Crippen LogP contribution in [0.15, 0.2) is 12.4 Å². The predicted octanol–water partition coefficient (Wildman–Crippen LogP) is 1.53. The Kier molecular flexibility index (Phi) is 3.61. The summed E-state index contributed by atoms with van der Waals surface area (Å²) in [4.78, 5) is 23.0. The average Bonchev–Trinajstić information content (AvgIpc) is 2.71. The van der Waals surface area contributed by atoms with Gasteiger partial charge in [-0.05, 0) is 25.3 Å². The topological polar surface area (TPSA) is 51.1 Å².